The summed E-state index contributed by atoms with van der Waals surface area (Å²) in [5, 5.41) is 0. The third-order valence-electron chi connectivity index (χ3n) is 5.12. The van der Waals surface area contributed by atoms with Crippen LogP contribution in [0.2, 0.25) is 0 Å². The van der Waals surface area contributed by atoms with E-state index in [-0.39, 0.29) is 0 Å². The Morgan fingerprint density at radius 3 is 2.75 bits per heavy atom. The van der Waals surface area contributed by atoms with E-state index in [4.69, 9.17) is 0 Å². The molecule has 0 aromatic heterocycles. The SMILES string of the molecule is CC(CC(F)(F)F)c1ccc2c(c1)CCC1CCCC21. The van der Waals surface area contributed by atoms with Gasteiger partial charge in [0.15, 0.2) is 0 Å². The molecule has 0 heterocycles. The smallest absolute Gasteiger partial charge is 0.171 e. The number of hydrogen-bond acceptors (Lipinski definition) is 0. The Bertz CT molecular complexity index is 489. The largest absolute Gasteiger partial charge is 0.389 e. The average Bonchev–Trinajstić information content (AvgIpc) is 2.84. The number of aryl methyl sites for hydroxylation is 1. The van der Waals surface area contributed by atoms with Crippen LogP contribution in [0.4, 0.5) is 13.2 Å². The van der Waals surface area contributed by atoms with Crippen LogP contribution in [0.5, 0.6) is 0 Å². The minimum atomic E-state index is -4.08. The Morgan fingerprint density at radius 1 is 1.20 bits per heavy atom. The quantitative estimate of drug-likeness (QED) is 0.665. The summed E-state index contributed by atoms with van der Waals surface area (Å²) in [5.41, 5.74) is 3.57. The van der Waals surface area contributed by atoms with E-state index in [1.165, 1.54) is 36.8 Å². The van der Waals surface area contributed by atoms with E-state index in [0.717, 1.165) is 17.9 Å². The molecule has 0 N–H and O–H groups in total. The number of halogens is 3. The first-order valence-corrected chi connectivity index (χ1v) is 7.63. The highest BCUT2D eigenvalue weighted by Crippen LogP contribution is 2.47. The third-order valence-corrected chi connectivity index (χ3v) is 5.12. The molecule has 3 atom stereocenters. The van der Waals surface area contributed by atoms with Crippen LogP contribution in [-0.4, -0.2) is 6.18 Å². The molecule has 20 heavy (non-hydrogen) atoms. The van der Waals surface area contributed by atoms with Crippen LogP contribution in [0.3, 0.4) is 0 Å². The number of benzene rings is 1. The minimum absolute atomic E-state index is 0.443. The fraction of sp³-hybridized carbons (Fsp3) is 0.647. The molecule has 0 bridgehead atoms. The Balaban J connectivity index is 1.83. The van der Waals surface area contributed by atoms with Gasteiger partial charge in [0.25, 0.3) is 0 Å². The Kier molecular flexibility index (Phi) is 3.55. The highest BCUT2D eigenvalue weighted by Gasteiger charge is 2.34. The van der Waals surface area contributed by atoms with Gasteiger partial charge in [0.1, 0.15) is 0 Å². The Labute approximate surface area is 118 Å². The normalized spacial score (nSPS) is 27.0. The Hall–Kier alpha value is -0.990. The van der Waals surface area contributed by atoms with Gasteiger partial charge in [-0.05, 0) is 60.1 Å². The zero-order valence-electron chi connectivity index (χ0n) is 11.8. The molecule has 2 aliphatic carbocycles. The van der Waals surface area contributed by atoms with Crippen LogP contribution in [-0.2, 0) is 6.42 Å². The number of fused-ring (bicyclic) bond motifs is 3. The molecule has 0 nitrogen and oxygen atoms in total. The molecule has 0 spiro atoms. The van der Waals surface area contributed by atoms with Gasteiger partial charge in [-0.2, -0.15) is 13.2 Å². The molecule has 1 aromatic carbocycles. The van der Waals surface area contributed by atoms with Gasteiger partial charge < -0.3 is 0 Å². The molecule has 1 aromatic rings. The molecule has 0 saturated heterocycles. The number of hydrogen-bond donors (Lipinski definition) is 0. The van der Waals surface area contributed by atoms with Crippen molar-refractivity contribution in [2.75, 3.05) is 0 Å². The van der Waals surface area contributed by atoms with Gasteiger partial charge in [-0.1, -0.05) is 31.5 Å². The molecular weight excluding hydrogens is 261 g/mol. The molecule has 0 aliphatic heterocycles. The molecule has 2 aliphatic rings. The van der Waals surface area contributed by atoms with Gasteiger partial charge in [0, 0.05) is 0 Å². The molecule has 110 valence electrons. The molecule has 1 saturated carbocycles. The maximum atomic E-state index is 12.5. The van der Waals surface area contributed by atoms with Crippen LogP contribution in [0, 0.1) is 5.92 Å². The summed E-state index contributed by atoms with van der Waals surface area (Å²) in [4.78, 5) is 0. The number of rotatable bonds is 2. The fourth-order valence-electron chi connectivity index (χ4n) is 4.11. The highest BCUT2D eigenvalue weighted by molar-refractivity contribution is 5.38. The van der Waals surface area contributed by atoms with Gasteiger partial charge >= 0.3 is 6.18 Å². The van der Waals surface area contributed by atoms with Crippen molar-refractivity contribution in [3.8, 4) is 0 Å². The predicted molar refractivity (Wildman–Crippen MR) is 73.9 cm³/mol. The van der Waals surface area contributed by atoms with Crippen molar-refractivity contribution in [3.05, 3.63) is 34.9 Å². The summed E-state index contributed by atoms with van der Waals surface area (Å²) >= 11 is 0. The van der Waals surface area contributed by atoms with Crippen LogP contribution in [0.15, 0.2) is 18.2 Å². The maximum absolute atomic E-state index is 12.5. The molecule has 0 amide bonds. The zero-order valence-corrected chi connectivity index (χ0v) is 11.8. The van der Waals surface area contributed by atoms with Crippen molar-refractivity contribution in [2.45, 2.75) is 63.5 Å². The third kappa shape index (κ3) is 2.72. The topological polar surface area (TPSA) is 0 Å². The van der Waals surface area contributed by atoms with Crippen molar-refractivity contribution in [1.29, 1.82) is 0 Å². The van der Waals surface area contributed by atoms with E-state index in [1.54, 1.807) is 6.92 Å². The number of alkyl halides is 3. The fourth-order valence-corrected chi connectivity index (χ4v) is 4.11. The standard InChI is InChI=1S/C17H21F3/c1-11(10-17(18,19)20)13-7-8-16-14(9-13)6-5-12-3-2-4-15(12)16/h7-9,11-12,15H,2-6,10H2,1H3. The van der Waals surface area contributed by atoms with Crippen molar-refractivity contribution in [2.24, 2.45) is 5.92 Å². The second-order valence-corrected chi connectivity index (χ2v) is 6.51. The second kappa shape index (κ2) is 5.09. The van der Waals surface area contributed by atoms with Crippen LogP contribution < -0.4 is 0 Å². The summed E-state index contributed by atoms with van der Waals surface area (Å²) in [6, 6.07) is 6.08. The van der Waals surface area contributed by atoms with Gasteiger partial charge in [-0.3, -0.25) is 0 Å². The van der Waals surface area contributed by atoms with Crippen LogP contribution in [0.25, 0.3) is 0 Å². The van der Waals surface area contributed by atoms with Crippen molar-refractivity contribution in [3.63, 3.8) is 0 Å². The Morgan fingerprint density at radius 2 is 2.00 bits per heavy atom. The molecule has 3 heteroatoms. The second-order valence-electron chi connectivity index (χ2n) is 6.51. The van der Waals surface area contributed by atoms with Crippen LogP contribution >= 0.6 is 0 Å². The molecule has 0 radical (unpaired) electrons. The van der Waals surface area contributed by atoms with E-state index < -0.39 is 18.5 Å². The first-order chi connectivity index (χ1) is 9.44. The van der Waals surface area contributed by atoms with E-state index in [0.29, 0.717) is 5.92 Å². The van der Waals surface area contributed by atoms with Crippen molar-refractivity contribution in [1.82, 2.24) is 0 Å². The summed E-state index contributed by atoms with van der Waals surface area (Å²) in [6.07, 6.45) is 1.36. The molecule has 3 unspecified atom stereocenters. The lowest BCUT2D eigenvalue weighted by molar-refractivity contribution is -0.137. The van der Waals surface area contributed by atoms with Crippen molar-refractivity contribution < 1.29 is 13.2 Å². The van der Waals surface area contributed by atoms with E-state index in [2.05, 4.69) is 6.07 Å². The lowest BCUT2D eigenvalue weighted by Crippen LogP contribution is -2.17. The summed E-state index contributed by atoms with van der Waals surface area (Å²) < 4.78 is 37.5. The van der Waals surface area contributed by atoms with E-state index >= 15 is 0 Å². The first-order valence-electron chi connectivity index (χ1n) is 7.63. The maximum Gasteiger partial charge on any atom is 0.389 e. The van der Waals surface area contributed by atoms with Gasteiger partial charge in [0.2, 0.25) is 0 Å². The van der Waals surface area contributed by atoms with Crippen LogP contribution in [0.1, 0.15) is 67.6 Å². The van der Waals surface area contributed by atoms with E-state index in [9.17, 15) is 13.2 Å². The summed E-state index contributed by atoms with van der Waals surface area (Å²) in [5.74, 6) is 1.05. The average molecular weight is 282 g/mol. The summed E-state index contributed by atoms with van der Waals surface area (Å²) in [7, 11) is 0. The minimum Gasteiger partial charge on any atom is -0.171 e. The van der Waals surface area contributed by atoms with Gasteiger partial charge in [-0.15, -0.1) is 0 Å². The lowest BCUT2D eigenvalue weighted by Gasteiger charge is -2.29. The van der Waals surface area contributed by atoms with E-state index in [1.807, 2.05) is 12.1 Å². The van der Waals surface area contributed by atoms with Gasteiger partial charge in [0.05, 0.1) is 6.42 Å². The lowest BCUT2D eigenvalue weighted by atomic mass is 9.76. The zero-order chi connectivity index (χ0) is 14.3. The molecule has 3 rings (SSSR count). The predicted octanol–water partition coefficient (Wildman–Crippen LogP) is 5.57. The van der Waals surface area contributed by atoms with Gasteiger partial charge in [-0.25, -0.2) is 0 Å². The van der Waals surface area contributed by atoms with Crippen molar-refractivity contribution >= 4 is 0 Å². The monoisotopic (exact) mass is 282 g/mol. The summed E-state index contributed by atoms with van der Waals surface area (Å²) in [6.45, 7) is 1.68. The first kappa shape index (κ1) is 14.0. The molecule has 1 fully saturated rings. The molecular formula is C17H21F3. The highest BCUT2D eigenvalue weighted by atomic mass is 19.4.